The van der Waals surface area contributed by atoms with Crippen LogP contribution in [-0.4, -0.2) is 54.1 Å². The van der Waals surface area contributed by atoms with E-state index in [4.69, 9.17) is 9.47 Å². The van der Waals surface area contributed by atoms with Crippen molar-refractivity contribution in [2.45, 2.75) is 45.1 Å². The first-order chi connectivity index (χ1) is 13.5. The first-order valence-electron chi connectivity index (χ1n) is 9.45. The van der Waals surface area contributed by atoms with Crippen LogP contribution in [0.1, 0.15) is 53.2 Å². The normalized spacial score (nSPS) is 15.8. The number of carbonyl (C=O) groups excluding carboxylic acids is 2. The van der Waals surface area contributed by atoms with E-state index in [2.05, 4.69) is 14.9 Å². The van der Waals surface area contributed by atoms with Crippen LogP contribution < -0.4 is 5.56 Å². The Labute approximate surface area is 166 Å². The molecule has 28 heavy (non-hydrogen) atoms. The molecule has 1 fully saturated rings. The first kappa shape index (κ1) is 20.5. The number of aromatic nitrogens is 2. The first-order valence-corrected chi connectivity index (χ1v) is 10.3. The number of aromatic amines is 1. The van der Waals surface area contributed by atoms with Crippen molar-refractivity contribution in [3.05, 3.63) is 26.6 Å². The number of carbonyl (C=O) groups is 2. The van der Waals surface area contributed by atoms with Crippen LogP contribution in [0.5, 0.6) is 0 Å². The molecule has 0 amide bonds. The van der Waals surface area contributed by atoms with Crippen molar-refractivity contribution in [1.29, 1.82) is 0 Å². The number of ether oxygens (including phenoxy) is 2. The number of thiophene rings is 1. The molecule has 0 aromatic carbocycles. The van der Waals surface area contributed by atoms with E-state index in [1.54, 1.807) is 0 Å². The monoisotopic (exact) mass is 407 g/mol. The largest absolute Gasteiger partial charge is 0.469 e. The molecule has 1 aliphatic rings. The number of fused-ring (bicyclic) bond motifs is 1. The molecule has 3 rings (SSSR count). The lowest BCUT2D eigenvalue weighted by atomic mass is 10.1. The van der Waals surface area contributed by atoms with E-state index < -0.39 is 11.9 Å². The fourth-order valence-corrected chi connectivity index (χ4v) is 4.64. The van der Waals surface area contributed by atoms with Gasteiger partial charge in [0.05, 0.1) is 32.6 Å². The molecular weight excluding hydrogens is 382 g/mol. The van der Waals surface area contributed by atoms with Crippen molar-refractivity contribution >= 4 is 33.5 Å². The van der Waals surface area contributed by atoms with Gasteiger partial charge in [-0.25, -0.2) is 9.78 Å². The molecular formula is C19H25N3O5S. The standard InChI is InChI=1S/C19H25N3O5S/c1-26-14(23)10-12-15-17(24)20-13(11-22-8-6-4-3-5-7-9-22)21-18(15)28-16(12)19(25)27-2/h3-11H2,1-2H3,(H,20,21,24). The Morgan fingerprint density at radius 1 is 1.11 bits per heavy atom. The highest BCUT2D eigenvalue weighted by atomic mass is 32.1. The lowest BCUT2D eigenvalue weighted by Crippen LogP contribution is -2.29. The Kier molecular flexibility index (Phi) is 6.79. The zero-order chi connectivity index (χ0) is 20.1. The minimum absolute atomic E-state index is 0.183. The van der Waals surface area contributed by atoms with Gasteiger partial charge in [0.15, 0.2) is 0 Å². The minimum Gasteiger partial charge on any atom is -0.469 e. The SMILES string of the molecule is COC(=O)Cc1c(C(=O)OC)sc2nc(CN3CCCCCCC3)[nH]c(=O)c12. The van der Waals surface area contributed by atoms with Crippen LogP contribution in [0.25, 0.3) is 10.2 Å². The van der Waals surface area contributed by atoms with Gasteiger partial charge >= 0.3 is 11.9 Å². The molecule has 2 aromatic rings. The quantitative estimate of drug-likeness (QED) is 0.759. The van der Waals surface area contributed by atoms with Gasteiger partial charge in [-0.3, -0.25) is 14.5 Å². The lowest BCUT2D eigenvalue weighted by Gasteiger charge is -2.23. The van der Waals surface area contributed by atoms with Crippen LogP contribution in [0, 0.1) is 0 Å². The average molecular weight is 407 g/mol. The molecule has 9 heteroatoms. The number of H-pyrrole nitrogens is 1. The number of rotatable bonds is 5. The third kappa shape index (κ3) is 4.59. The van der Waals surface area contributed by atoms with E-state index in [1.807, 2.05) is 0 Å². The fraction of sp³-hybridized carbons (Fsp3) is 0.579. The zero-order valence-corrected chi connectivity index (χ0v) is 17.0. The minimum atomic E-state index is -0.591. The highest BCUT2D eigenvalue weighted by Gasteiger charge is 2.25. The molecule has 0 saturated carbocycles. The van der Waals surface area contributed by atoms with Crippen LogP contribution in [0.3, 0.4) is 0 Å². The molecule has 0 radical (unpaired) electrons. The van der Waals surface area contributed by atoms with Gasteiger partial charge in [0.1, 0.15) is 15.5 Å². The van der Waals surface area contributed by atoms with Gasteiger partial charge in [-0.2, -0.15) is 0 Å². The summed E-state index contributed by atoms with van der Waals surface area (Å²) in [5, 5.41) is 0.257. The fourth-order valence-electron chi connectivity index (χ4n) is 3.51. The van der Waals surface area contributed by atoms with Crippen LogP contribution in [-0.2, 0) is 27.2 Å². The zero-order valence-electron chi connectivity index (χ0n) is 16.2. The van der Waals surface area contributed by atoms with Crippen molar-refractivity contribution in [2.24, 2.45) is 0 Å². The van der Waals surface area contributed by atoms with Gasteiger partial charge in [0, 0.05) is 5.56 Å². The summed E-state index contributed by atoms with van der Waals surface area (Å²) >= 11 is 1.07. The Bertz CT molecular complexity index is 912. The molecule has 1 saturated heterocycles. The van der Waals surface area contributed by atoms with Crippen LogP contribution >= 0.6 is 11.3 Å². The number of esters is 2. The summed E-state index contributed by atoms with van der Waals surface area (Å²) in [5.74, 6) is -0.555. The second-order valence-electron chi connectivity index (χ2n) is 6.89. The Balaban J connectivity index is 1.96. The van der Waals surface area contributed by atoms with Crippen LogP contribution in [0.15, 0.2) is 4.79 Å². The average Bonchev–Trinajstić information content (AvgIpc) is 3.01. The summed E-state index contributed by atoms with van der Waals surface area (Å²) in [6, 6.07) is 0. The highest BCUT2D eigenvalue weighted by Crippen LogP contribution is 2.29. The maximum absolute atomic E-state index is 12.8. The van der Waals surface area contributed by atoms with Gasteiger partial charge in [-0.15, -0.1) is 11.3 Å². The third-order valence-corrected chi connectivity index (χ3v) is 6.06. The summed E-state index contributed by atoms with van der Waals surface area (Å²) in [6.45, 7) is 2.52. The molecule has 0 spiro atoms. The molecule has 8 nitrogen and oxygen atoms in total. The predicted octanol–water partition coefficient (Wildman–Crippen LogP) is 2.25. The molecule has 3 heterocycles. The smallest absolute Gasteiger partial charge is 0.348 e. The van der Waals surface area contributed by atoms with Gasteiger partial charge in [-0.1, -0.05) is 19.3 Å². The number of hydrogen-bond acceptors (Lipinski definition) is 8. The molecule has 2 aromatic heterocycles. The molecule has 152 valence electrons. The van der Waals surface area contributed by atoms with E-state index in [0.717, 1.165) is 37.3 Å². The van der Waals surface area contributed by atoms with Crippen molar-refractivity contribution < 1.29 is 19.1 Å². The maximum Gasteiger partial charge on any atom is 0.348 e. The lowest BCUT2D eigenvalue weighted by molar-refractivity contribution is -0.139. The predicted molar refractivity (Wildman–Crippen MR) is 106 cm³/mol. The summed E-state index contributed by atoms with van der Waals surface area (Å²) in [7, 11) is 2.53. The van der Waals surface area contributed by atoms with Gasteiger partial charge < -0.3 is 14.5 Å². The molecule has 0 aliphatic carbocycles. The molecule has 0 bridgehead atoms. The number of likely N-dealkylation sites (tertiary alicyclic amines) is 1. The summed E-state index contributed by atoms with van der Waals surface area (Å²) in [6.07, 6.45) is 5.83. The summed E-state index contributed by atoms with van der Waals surface area (Å²) in [5.41, 5.74) is -0.0392. The van der Waals surface area contributed by atoms with Crippen molar-refractivity contribution in [2.75, 3.05) is 27.3 Å². The molecule has 1 aliphatic heterocycles. The Morgan fingerprint density at radius 3 is 2.43 bits per heavy atom. The van der Waals surface area contributed by atoms with Crippen LogP contribution in [0.2, 0.25) is 0 Å². The topological polar surface area (TPSA) is 102 Å². The highest BCUT2D eigenvalue weighted by molar-refractivity contribution is 7.20. The van der Waals surface area contributed by atoms with Crippen molar-refractivity contribution in [3.63, 3.8) is 0 Å². The number of nitrogens with one attached hydrogen (secondary N) is 1. The maximum atomic E-state index is 12.8. The van der Waals surface area contributed by atoms with Gasteiger partial charge in [0.25, 0.3) is 5.56 Å². The third-order valence-electron chi connectivity index (χ3n) is 4.95. The Morgan fingerprint density at radius 2 is 1.79 bits per heavy atom. The second-order valence-corrected chi connectivity index (χ2v) is 7.89. The van der Waals surface area contributed by atoms with Gasteiger partial charge in [-0.05, 0) is 25.9 Å². The van der Waals surface area contributed by atoms with E-state index in [-0.39, 0.29) is 22.2 Å². The molecule has 0 atom stereocenters. The number of nitrogens with zero attached hydrogens (tertiary/aromatic N) is 2. The van der Waals surface area contributed by atoms with Crippen molar-refractivity contribution in [1.82, 2.24) is 14.9 Å². The van der Waals surface area contributed by atoms with E-state index in [0.29, 0.717) is 22.8 Å². The van der Waals surface area contributed by atoms with Gasteiger partial charge in [0.2, 0.25) is 0 Å². The van der Waals surface area contributed by atoms with E-state index in [9.17, 15) is 14.4 Å². The van der Waals surface area contributed by atoms with E-state index in [1.165, 1.54) is 33.5 Å². The number of methoxy groups -OCH3 is 2. The van der Waals surface area contributed by atoms with E-state index >= 15 is 0 Å². The molecule has 0 unspecified atom stereocenters. The molecule has 1 N–H and O–H groups in total. The number of hydrogen-bond donors (Lipinski definition) is 1. The summed E-state index contributed by atoms with van der Waals surface area (Å²) < 4.78 is 9.51. The summed E-state index contributed by atoms with van der Waals surface area (Å²) in [4.78, 5) is 47.0. The Hall–Kier alpha value is -2.26. The van der Waals surface area contributed by atoms with Crippen molar-refractivity contribution in [3.8, 4) is 0 Å². The van der Waals surface area contributed by atoms with Crippen LogP contribution in [0.4, 0.5) is 0 Å². The second kappa shape index (κ2) is 9.29.